The van der Waals surface area contributed by atoms with Gasteiger partial charge in [-0.05, 0) is 55.9 Å². The topological polar surface area (TPSA) is 74.8 Å². The van der Waals surface area contributed by atoms with Crippen LogP contribution in [0.2, 0.25) is 0 Å². The van der Waals surface area contributed by atoms with Gasteiger partial charge in [-0.1, -0.05) is 42.5 Å². The van der Waals surface area contributed by atoms with E-state index >= 15 is 0 Å². The van der Waals surface area contributed by atoms with Crippen molar-refractivity contribution in [3.8, 4) is 0 Å². The van der Waals surface area contributed by atoms with Gasteiger partial charge < -0.3 is 20.7 Å². The Morgan fingerprint density at radius 2 is 1.94 bits per heavy atom. The molecule has 0 bridgehead atoms. The molecule has 1 amide bonds. The molecule has 1 aliphatic heterocycles. The molecular formula is C25H34N4O2. The minimum Gasteiger partial charge on any atom is -0.376 e. The van der Waals surface area contributed by atoms with Crippen LogP contribution in [0.4, 0.5) is 0 Å². The van der Waals surface area contributed by atoms with Gasteiger partial charge in [0.25, 0.3) is 5.91 Å². The summed E-state index contributed by atoms with van der Waals surface area (Å²) in [7, 11) is 1.77. The van der Waals surface area contributed by atoms with Crippen LogP contribution in [0.1, 0.15) is 47.7 Å². The van der Waals surface area contributed by atoms with Crippen molar-refractivity contribution in [2.24, 2.45) is 4.99 Å². The summed E-state index contributed by atoms with van der Waals surface area (Å²) < 4.78 is 5.57. The second-order valence-electron chi connectivity index (χ2n) is 8.04. The lowest BCUT2D eigenvalue weighted by Gasteiger charge is -2.18. The molecule has 2 aromatic rings. The van der Waals surface area contributed by atoms with Crippen molar-refractivity contribution >= 4 is 11.9 Å². The van der Waals surface area contributed by atoms with Crippen LogP contribution in [0.3, 0.4) is 0 Å². The van der Waals surface area contributed by atoms with Crippen molar-refractivity contribution in [3.63, 3.8) is 0 Å². The first kappa shape index (κ1) is 22.8. The van der Waals surface area contributed by atoms with Gasteiger partial charge >= 0.3 is 0 Å². The number of aryl methyl sites for hydroxylation is 1. The molecule has 2 atom stereocenters. The molecule has 1 fully saturated rings. The van der Waals surface area contributed by atoms with Crippen LogP contribution >= 0.6 is 0 Å². The van der Waals surface area contributed by atoms with Crippen LogP contribution < -0.4 is 16.0 Å². The van der Waals surface area contributed by atoms with Crippen LogP contribution in [-0.2, 0) is 17.7 Å². The molecule has 6 heteroatoms. The van der Waals surface area contributed by atoms with E-state index in [0.29, 0.717) is 24.7 Å². The zero-order chi connectivity index (χ0) is 21.9. The van der Waals surface area contributed by atoms with Crippen LogP contribution in [0.25, 0.3) is 0 Å². The quantitative estimate of drug-likeness (QED) is 0.428. The molecule has 0 spiro atoms. The lowest BCUT2D eigenvalue weighted by atomic mass is 10.1. The molecule has 2 aromatic carbocycles. The van der Waals surface area contributed by atoms with Gasteiger partial charge in [-0.3, -0.25) is 9.79 Å². The number of nitrogens with zero attached hydrogens (tertiary/aromatic N) is 1. The zero-order valence-corrected chi connectivity index (χ0v) is 18.6. The van der Waals surface area contributed by atoms with Gasteiger partial charge in [0.1, 0.15) is 0 Å². The summed E-state index contributed by atoms with van der Waals surface area (Å²) in [5.41, 5.74) is 3.04. The summed E-state index contributed by atoms with van der Waals surface area (Å²) in [5, 5.41) is 9.76. The minimum atomic E-state index is -0.0607. The van der Waals surface area contributed by atoms with Crippen molar-refractivity contribution in [2.75, 3.05) is 20.2 Å². The number of rotatable bonds is 9. The lowest BCUT2D eigenvalue weighted by molar-refractivity contribution is 0.0857. The molecule has 166 valence electrons. The Morgan fingerprint density at radius 3 is 2.68 bits per heavy atom. The lowest BCUT2D eigenvalue weighted by Crippen LogP contribution is -2.42. The average Bonchev–Trinajstić information content (AvgIpc) is 3.33. The fraction of sp³-hybridized carbons (Fsp3) is 0.440. The third kappa shape index (κ3) is 7.72. The molecule has 0 aromatic heterocycles. The van der Waals surface area contributed by atoms with Crippen LogP contribution in [0, 0.1) is 0 Å². The second-order valence-corrected chi connectivity index (χ2v) is 8.04. The molecular weight excluding hydrogens is 388 g/mol. The molecule has 6 nitrogen and oxygen atoms in total. The Hall–Kier alpha value is -2.86. The van der Waals surface area contributed by atoms with E-state index in [1.807, 2.05) is 30.3 Å². The summed E-state index contributed by atoms with van der Waals surface area (Å²) in [6, 6.07) is 18.5. The SMILES string of the molecule is CN=C(NCc1cccc(C(=O)NCC2CCCO2)c1)NC(C)CCc1ccccc1. The first-order chi connectivity index (χ1) is 15.1. The van der Waals surface area contributed by atoms with Gasteiger partial charge in [-0.2, -0.15) is 0 Å². The number of nitrogens with one attached hydrogen (secondary N) is 3. The van der Waals surface area contributed by atoms with Crippen molar-refractivity contribution < 1.29 is 9.53 Å². The Labute approximate surface area is 185 Å². The number of benzene rings is 2. The maximum atomic E-state index is 12.5. The van der Waals surface area contributed by atoms with Crippen molar-refractivity contribution in [1.29, 1.82) is 0 Å². The highest BCUT2D eigenvalue weighted by molar-refractivity contribution is 5.94. The Bertz CT molecular complexity index is 848. The molecule has 1 saturated heterocycles. The van der Waals surface area contributed by atoms with Crippen LogP contribution in [0.15, 0.2) is 59.6 Å². The van der Waals surface area contributed by atoms with E-state index < -0.39 is 0 Å². The number of carbonyl (C=O) groups excluding carboxylic acids is 1. The highest BCUT2D eigenvalue weighted by Crippen LogP contribution is 2.11. The summed E-state index contributed by atoms with van der Waals surface area (Å²) in [6.07, 6.45) is 4.27. The maximum Gasteiger partial charge on any atom is 0.251 e. The van der Waals surface area contributed by atoms with Crippen molar-refractivity contribution in [3.05, 3.63) is 71.3 Å². The molecule has 0 saturated carbocycles. The van der Waals surface area contributed by atoms with Gasteiger partial charge in [-0.25, -0.2) is 0 Å². The third-order valence-corrected chi connectivity index (χ3v) is 5.48. The number of ether oxygens (including phenoxy) is 1. The molecule has 1 aliphatic rings. The summed E-state index contributed by atoms with van der Waals surface area (Å²) >= 11 is 0. The number of hydrogen-bond acceptors (Lipinski definition) is 3. The molecule has 0 radical (unpaired) electrons. The Morgan fingerprint density at radius 1 is 1.13 bits per heavy atom. The number of amides is 1. The minimum absolute atomic E-state index is 0.0607. The van der Waals surface area contributed by atoms with E-state index in [1.54, 1.807) is 7.05 Å². The fourth-order valence-corrected chi connectivity index (χ4v) is 3.65. The summed E-state index contributed by atoms with van der Waals surface area (Å²) in [5.74, 6) is 0.697. The number of aliphatic imine (C=N–C) groups is 1. The molecule has 31 heavy (non-hydrogen) atoms. The van der Waals surface area contributed by atoms with E-state index in [0.717, 1.165) is 43.8 Å². The molecule has 0 aliphatic carbocycles. The predicted molar refractivity (Wildman–Crippen MR) is 125 cm³/mol. The number of hydrogen-bond donors (Lipinski definition) is 3. The Kier molecular flexibility index (Phi) is 8.91. The first-order valence-electron chi connectivity index (χ1n) is 11.1. The van der Waals surface area contributed by atoms with Gasteiger partial charge in [0.2, 0.25) is 0 Å². The second kappa shape index (κ2) is 12.1. The summed E-state index contributed by atoms with van der Waals surface area (Å²) in [6.45, 7) is 4.12. The molecule has 3 N–H and O–H groups in total. The van der Waals surface area contributed by atoms with E-state index in [-0.39, 0.29) is 12.0 Å². The predicted octanol–water partition coefficient (Wildman–Crippen LogP) is 3.28. The maximum absolute atomic E-state index is 12.5. The summed E-state index contributed by atoms with van der Waals surface area (Å²) in [4.78, 5) is 16.8. The Balaban J connectivity index is 1.44. The average molecular weight is 423 g/mol. The van der Waals surface area contributed by atoms with E-state index in [1.165, 1.54) is 5.56 Å². The largest absolute Gasteiger partial charge is 0.376 e. The zero-order valence-electron chi connectivity index (χ0n) is 18.6. The van der Waals surface area contributed by atoms with E-state index in [2.05, 4.69) is 52.1 Å². The van der Waals surface area contributed by atoms with Gasteiger partial charge in [-0.15, -0.1) is 0 Å². The first-order valence-corrected chi connectivity index (χ1v) is 11.1. The monoisotopic (exact) mass is 422 g/mol. The normalized spacial score (nSPS) is 17.2. The molecule has 1 heterocycles. The smallest absolute Gasteiger partial charge is 0.251 e. The molecule has 3 rings (SSSR count). The highest BCUT2D eigenvalue weighted by Gasteiger charge is 2.16. The van der Waals surface area contributed by atoms with E-state index in [4.69, 9.17) is 4.74 Å². The van der Waals surface area contributed by atoms with Gasteiger partial charge in [0, 0.05) is 38.3 Å². The highest BCUT2D eigenvalue weighted by atomic mass is 16.5. The fourth-order valence-electron chi connectivity index (χ4n) is 3.65. The van der Waals surface area contributed by atoms with E-state index in [9.17, 15) is 4.79 Å². The standard InChI is InChI=1S/C25H34N4O2/c1-19(13-14-20-8-4-3-5-9-20)29-25(26-2)28-17-21-10-6-11-22(16-21)24(30)27-18-23-12-7-15-31-23/h3-6,8-11,16,19,23H,7,12-15,17-18H2,1-2H3,(H,27,30)(H2,26,28,29). The van der Waals surface area contributed by atoms with Gasteiger partial charge in [0.05, 0.1) is 6.10 Å². The number of carbonyl (C=O) groups is 1. The van der Waals surface area contributed by atoms with Gasteiger partial charge in [0.15, 0.2) is 5.96 Å². The van der Waals surface area contributed by atoms with Crippen molar-refractivity contribution in [1.82, 2.24) is 16.0 Å². The van der Waals surface area contributed by atoms with Crippen LogP contribution in [-0.4, -0.2) is 44.2 Å². The van der Waals surface area contributed by atoms with Crippen LogP contribution in [0.5, 0.6) is 0 Å². The number of guanidine groups is 1. The van der Waals surface area contributed by atoms with Crippen molar-refractivity contribution in [2.45, 2.75) is 51.3 Å². The third-order valence-electron chi connectivity index (χ3n) is 5.48. The molecule has 2 unspecified atom stereocenters.